The molecule has 2 aliphatic rings. The van der Waals surface area contributed by atoms with Gasteiger partial charge in [0.15, 0.2) is 5.78 Å². The predicted octanol–water partition coefficient (Wildman–Crippen LogP) is 2.97. The van der Waals surface area contributed by atoms with Crippen molar-refractivity contribution in [2.24, 2.45) is 23.0 Å². The van der Waals surface area contributed by atoms with Gasteiger partial charge in [-0.3, -0.25) is 24.0 Å². The fourth-order valence-corrected chi connectivity index (χ4v) is 5.34. The summed E-state index contributed by atoms with van der Waals surface area (Å²) in [4.78, 5) is 79.3. The highest BCUT2D eigenvalue weighted by Gasteiger charge is 2.43. The molecule has 5 N–H and O–H groups in total. The average molecular weight is 630 g/mol. The van der Waals surface area contributed by atoms with Gasteiger partial charge < -0.3 is 31.3 Å². The van der Waals surface area contributed by atoms with Gasteiger partial charge in [0.1, 0.15) is 17.8 Å². The third-order valence-electron chi connectivity index (χ3n) is 7.98. The lowest BCUT2D eigenvalue weighted by molar-refractivity contribution is -0.143. The van der Waals surface area contributed by atoms with Crippen molar-refractivity contribution >= 4 is 35.3 Å². The second-order valence-corrected chi connectivity index (χ2v) is 12.9. The van der Waals surface area contributed by atoms with Crippen molar-refractivity contribution in [2.75, 3.05) is 13.7 Å². The summed E-state index contributed by atoms with van der Waals surface area (Å²) in [5, 5.41) is 8.14. The Morgan fingerprint density at radius 3 is 2.13 bits per heavy atom. The highest BCUT2D eigenvalue weighted by Crippen LogP contribution is 2.34. The fourth-order valence-electron chi connectivity index (χ4n) is 5.34. The summed E-state index contributed by atoms with van der Waals surface area (Å²) < 4.78 is 5.33. The molecule has 3 unspecified atom stereocenters. The van der Waals surface area contributed by atoms with E-state index < -0.39 is 59.1 Å². The number of para-hydroxylation sites is 1. The lowest BCUT2D eigenvalue weighted by Gasteiger charge is -2.36. The van der Waals surface area contributed by atoms with E-state index in [0.29, 0.717) is 30.6 Å². The minimum atomic E-state index is -1.11. The minimum Gasteiger partial charge on any atom is -0.496 e. The zero-order valence-corrected chi connectivity index (χ0v) is 27.9. The molecule has 45 heavy (non-hydrogen) atoms. The van der Waals surface area contributed by atoms with Gasteiger partial charge in [-0.05, 0) is 48.6 Å². The van der Waals surface area contributed by atoms with Crippen molar-refractivity contribution in [3.8, 4) is 5.75 Å². The molecule has 2 fully saturated rings. The van der Waals surface area contributed by atoms with Gasteiger partial charge in [-0.1, -0.05) is 73.4 Å². The molecule has 1 saturated carbocycles. The highest BCUT2D eigenvalue weighted by molar-refractivity contribution is 6.37. The SMILES string of the molecule is CC.COc1ccccc1C(=O)C(NC(=O)NC(C(=O)N1CCC[C@H]1C(=O)NC(CC1CC1)C(=O)C(N)=O)C(C)(C)C)C(C)C. The lowest BCUT2D eigenvalue weighted by atomic mass is 9.85. The summed E-state index contributed by atoms with van der Waals surface area (Å²) in [5.74, 6) is -2.94. The van der Waals surface area contributed by atoms with E-state index in [0.717, 1.165) is 12.8 Å². The van der Waals surface area contributed by atoms with Crippen LogP contribution in [-0.2, 0) is 19.2 Å². The Hall–Kier alpha value is -3.96. The van der Waals surface area contributed by atoms with Crippen molar-refractivity contribution in [3.63, 3.8) is 0 Å². The Morgan fingerprint density at radius 1 is 0.978 bits per heavy atom. The van der Waals surface area contributed by atoms with Gasteiger partial charge in [0.25, 0.3) is 5.91 Å². The molecule has 250 valence electrons. The van der Waals surface area contributed by atoms with Gasteiger partial charge in [-0.25, -0.2) is 4.79 Å². The number of hydrogen-bond acceptors (Lipinski definition) is 7. The third kappa shape index (κ3) is 10.0. The van der Waals surface area contributed by atoms with E-state index in [4.69, 9.17) is 10.5 Å². The van der Waals surface area contributed by atoms with Crippen LogP contribution in [0, 0.1) is 17.3 Å². The number of primary amides is 1. The Kier molecular flexibility index (Phi) is 13.6. The maximum atomic E-state index is 13.9. The fraction of sp³-hybridized carbons (Fsp3) is 0.636. The summed E-state index contributed by atoms with van der Waals surface area (Å²) in [7, 11) is 1.46. The van der Waals surface area contributed by atoms with E-state index >= 15 is 0 Å². The Labute approximate surface area is 266 Å². The summed E-state index contributed by atoms with van der Waals surface area (Å²) >= 11 is 0. The summed E-state index contributed by atoms with van der Waals surface area (Å²) in [6.45, 7) is 13.3. The zero-order chi connectivity index (χ0) is 34.1. The number of likely N-dealkylation sites (tertiary alicyclic amines) is 1. The van der Waals surface area contributed by atoms with Gasteiger partial charge >= 0.3 is 6.03 Å². The monoisotopic (exact) mass is 629 g/mol. The largest absolute Gasteiger partial charge is 0.496 e. The number of methoxy groups -OCH3 is 1. The number of nitrogens with zero attached hydrogens (tertiary/aromatic N) is 1. The Bertz CT molecular complexity index is 1240. The minimum absolute atomic E-state index is 0.243. The van der Waals surface area contributed by atoms with E-state index in [1.54, 1.807) is 58.9 Å². The number of carbonyl (C=O) groups is 6. The molecule has 1 saturated heterocycles. The molecule has 3 rings (SSSR count). The molecule has 1 heterocycles. The van der Waals surface area contributed by atoms with Crippen molar-refractivity contribution in [3.05, 3.63) is 29.8 Å². The molecular formula is C33H51N5O7. The number of urea groups is 1. The number of Topliss-reactive ketones (excluding diaryl/α,β-unsaturated/α-hetero) is 2. The molecule has 0 radical (unpaired) electrons. The van der Waals surface area contributed by atoms with Crippen LogP contribution in [0.4, 0.5) is 4.79 Å². The van der Waals surface area contributed by atoms with E-state index in [2.05, 4.69) is 16.0 Å². The first-order chi connectivity index (χ1) is 21.1. The molecule has 0 aromatic heterocycles. The van der Waals surface area contributed by atoms with Gasteiger partial charge in [0, 0.05) is 6.54 Å². The van der Waals surface area contributed by atoms with E-state index in [9.17, 15) is 28.8 Å². The molecular weight excluding hydrogens is 578 g/mol. The van der Waals surface area contributed by atoms with E-state index in [1.165, 1.54) is 12.0 Å². The zero-order valence-electron chi connectivity index (χ0n) is 27.9. The third-order valence-corrected chi connectivity index (χ3v) is 7.98. The topological polar surface area (TPSA) is 177 Å². The number of ether oxygens (including phenoxy) is 1. The summed E-state index contributed by atoms with van der Waals surface area (Å²) in [6, 6.07) is 2.20. The maximum Gasteiger partial charge on any atom is 0.316 e. The summed E-state index contributed by atoms with van der Waals surface area (Å²) in [5.41, 5.74) is 4.78. The molecule has 4 atom stereocenters. The standard InChI is InChI=1S/C31H45N5O7.C2H6/c1-17(2)23(24(37)19-10-7-8-12-22(19)43-6)34-30(42)35-26(31(3,4)5)29(41)36-15-9-11-21(36)28(40)33-20(16-18-13-14-18)25(38)27(32)39;1-2/h7-8,10,12,17-18,20-21,23,26H,9,11,13-16H2,1-6H3,(H2,32,39)(H,33,40)(H2,34,35,42);1-2H3/t20?,21-,23?,26?;/m0./s1. The number of rotatable bonds is 13. The van der Waals surface area contributed by atoms with Crippen LogP contribution in [-0.4, -0.2) is 78.0 Å². The van der Waals surface area contributed by atoms with Crippen LogP contribution in [0.15, 0.2) is 24.3 Å². The van der Waals surface area contributed by atoms with E-state index in [-0.39, 0.29) is 24.2 Å². The highest BCUT2D eigenvalue weighted by atomic mass is 16.5. The molecule has 1 aromatic rings. The number of carbonyl (C=O) groups excluding carboxylic acids is 6. The number of amides is 5. The predicted molar refractivity (Wildman–Crippen MR) is 170 cm³/mol. The van der Waals surface area contributed by atoms with Crippen molar-refractivity contribution < 1.29 is 33.5 Å². The van der Waals surface area contributed by atoms with Crippen molar-refractivity contribution in [2.45, 2.75) is 105 Å². The first-order valence-electron chi connectivity index (χ1n) is 15.8. The van der Waals surface area contributed by atoms with Crippen LogP contribution < -0.4 is 26.4 Å². The molecule has 12 heteroatoms. The molecule has 1 aliphatic heterocycles. The van der Waals surface area contributed by atoms with E-state index in [1.807, 2.05) is 13.8 Å². The quantitative estimate of drug-likeness (QED) is 0.191. The number of hydrogen-bond donors (Lipinski definition) is 4. The first-order valence-corrected chi connectivity index (χ1v) is 15.8. The van der Waals surface area contributed by atoms with Crippen molar-refractivity contribution in [1.29, 1.82) is 0 Å². The van der Waals surface area contributed by atoms with Gasteiger partial charge in [-0.15, -0.1) is 0 Å². The maximum absolute atomic E-state index is 13.9. The second kappa shape index (κ2) is 16.4. The molecule has 1 aliphatic carbocycles. The molecule has 5 amide bonds. The number of nitrogens with one attached hydrogen (secondary N) is 3. The molecule has 0 bridgehead atoms. The van der Waals surface area contributed by atoms with Crippen LogP contribution in [0.2, 0.25) is 0 Å². The van der Waals surface area contributed by atoms with Crippen LogP contribution in [0.1, 0.15) is 90.9 Å². The van der Waals surface area contributed by atoms with Crippen LogP contribution in [0.25, 0.3) is 0 Å². The van der Waals surface area contributed by atoms with Crippen LogP contribution in [0.5, 0.6) is 5.75 Å². The Balaban J connectivity index is 0.00000345. The number of nitrogens with two attached hydrogens (primary N) is 1. The number of ketones is 2. The number of benzene rings is 1. The molecule has 1 aromatic carbocycles. The van der Waals surface area contributed by atoms with Gasteiger partial charge in [0.05, 0.1) is 24.8 Å². The normalized spacial score (nSPS) is 18.1. The van der Waals surface area contributed by atoms with Crippen molar-refractivity contribution in [1.82, 2.24) is 20.9 Å². The summed E-state index contributed by atoms with van der Waals surface area (Å²) in [6.07, 6.45) is 3.06. The lowest BCUT2D eigenvalue weighted by Crippen LogP contribution is -2.61. The van der Waals surface area contributed by atoms with Gasteiger partial charge in [0.2, 0.25) is 17.6 Å². The smallest absolute Gasteiger partial charge is 0.316 e. The first kappa shape index (κ1) is 37.2. The molecule has 0 spiro atoms. The average Bonchev–Trinajstić information content (AvgIpc) is 3.68. The van der Waals surface area contributed by atoms with Crippen LogP contribution in [0.3, 0.4) is 0 Å². The van der Waals surface area contributed by atoms with Gasteiger partial charge in [-0.2, -0.15) is 0 Å². The van der Waals surface area contributed by atoms with Crippen LogP contribution >= 0.6 is 0 Å². The second-order valence-electron chi connectivity index (χ2n) is 12.9. The Morgan fingerprint density at radius 2 is 1.60 bits per heavy atom. The molecule has 12 nitrogen and oxygen atoms in total.